The molecule has 0 aliphatic rings. The molecule has 0 fully saturated rings. The highest BCUT2D eigenvalue weighted by atomic mass is 16.6. The largest absolute Gasteiger partial charge is 0.465 e. The topological polar surface area (TPSA) is 140 Å². The van der Waals surface area contributed by atoms with Gasteiger partial charge in [0.2, 0.25) is 5.84 Å². The highest BCUT2D eigenvalue weighted by Crippen LogP contribution is 2.07. The van der Waals surface area contributed by atoms with E-state index in [-0.39, 0.29) is 24.0 Å². The van der Waals surface area contributed by atoms with Crippen LogP contribution in [0.3, 0.4) is 0 Å². The lowest BCUT2D eigenvalue weighted by atomic mass is 10.1. The highest BCUT2D eigenvalue weighted by molar-refractivity contribution is 5.98. The number of esters is 1. The summed E-state index contributed by atoms with van der Waals surface area (Å²) in [6, 6.07) is 6.69. The predicted molar refractivity (Wildman–Crippen MR) is 70.8 cm³/mol. The van der Waals surface area contributed by atoms with Crippen molar-refractivity contribution in [1.29, 1.82) is 0 Å². The molecule has 0 bridgehead atoms. The number of nitrogens with zero attached hydrogens (tertiary/aromatic N) is 2. The van der Waals surface area contributed by atoms with Gasteiger partial charge in [-0.1, -0.05) is 22.4 Å². The van der Waals surface area contributed by atoms with E-state index in [1.807, 2.05) is 0 Å². The van der Waals surface area contributed by atoms with E-state index in [9.17, 15) is 4.79 Å². The number of nitrogen functional groups attached to an aromatic ring is 1. The van der Waals surface area contributed by atoms with Crippen LogP contribution in [0.2, 0.25) is 0 Å². The molecule has 21 heavy (non-hydrogen) atoms. The normalized spacial score (nSPS) is 11.2. The number of oxime groups is 1. The Morgan fingerprint density at radius 1 is 1.43 bits per heavy atom. The van der Waals surface area contributed by atoms with Gasteiger partial charge in [-0.25, -0.2) is 4.79 Å². The van der Waals surface area contributed by atoms with E-state index >= 15 is 0 Å². The van der Waals surface area contributed by atoms with Crippen molar-refractivity contribution >= 4 is 17.6 Å². The number of aromatic nitrogens is 2. The third-order valence-electron chi connectivity index (χ3n) is 2.56. The zero-order valence-corrected chi connectivity index (χ0v) is 11.2. The van der Waals surface area contributed by atoms with Crippen LogP contribution in [0.4, 0.5) is 5.82 Å². The molecule has 0 amide bonds. The molecule has 5 N–H and O–H groups in total. The molecule has 2 aromatic rings. The fourth-order valence-electron chi connectivity index (χ4n) is 1.47. The standard InChI is InChI=1S/C12H13N5O4/c1-19-12(18)8-4-2-7(3-5-8)6-20-16-10(13)9-11(14)17-21-15-9/h2-5H,6H2,1H3,(H2,13,16)(H2,14,17)/p+1. The van der Waals surface area contributed by atoms with E-state index in [2.05, 4.69) is 24.8 Å². The fourth-order valence-corrected chi connectivity index (χ4v) is 1.47. The molecule has 0 spiro atoms. The Balaban J connectivity index is 1.94. The second kappa shape index (κ2) is 6.37. The average Bonchev–Trinajstić information content (AvgIpc) is 2.93. The molecule has 9 heteroatoms. The van der Waals surface area contributed by atoms with Crippen LogP contribution in [-0.4, -0.2) is 24.1 Å². The minimum Gasteiger partial charge on any atom is -0.465 e. The highest BCUT2D eigenvalue weighted by Gasteiger charge is 2.17. The molecule has 1 heterocycles. The summed E-state index contributed by atoms with van der Waals surface area (Å²) in [5.74, 6) is -0.256. The quantitative estimate of drug-likeness (QED) is 0.333. The number of carbonyl (C=O) groups excluding carboxylic acids is 1. The van der Waals surface area contributed by atoms with E-state index in [1.165, 1.54) is 7.11 Å². The molecular weight excluding hydrogens is 278 g/mol. The number of nitrogens with one attached hydrogen (secondary N) is 1. The second-order valence-corrected chi connectivity index (χ2v) is 3.99. The van der Waals surface area contributed by atoms with E-state index in [0.717, 1.165) is 5.56 Å². The number of hydrogen-bond donors (Lipinski definition) is 2. The SMILES string of the molecule is COC(=O)c1ccc(CON=C(N)c2no[nH+]c2N)cc1. The third kappa shape index (κ3) is 3.47. The van der Waals surface area contributed by atoms with Crippen LogP contribution < -0.4 is 16.6 Å². The van der Waals surface area contributed by atoms with Crippen LogP contribution >= 0.6 is 0 Å². The molecule has 9 nitrogen and oxygen atoms in total. The minimum absolute atomic E-state index is 0.0105. The zero-order chi connectivity index (χ0) is 15.2. The first-order valence-electron chi connectivity index (χ1n) is 5.87. The summed E-state index contributed by atoms with van der Waals surface area (Å²) in [7, 11) is 1.32. The molecule has 0 saturated heterocycles. The van der Waals surface area contributed by atoms with Gasteiger partial charge in [-0.3, -0.25) is 0 Å². The van der Waals surface area contributed by atoms with Gasteiger partial charge < -0.3 is 21.0 Å². The Hall–Kier alpha value is -3.10. The van der Waals surface area contributed by atoms with Crippen LogP contribution in [0.15, 0.2) is 34.1 Å². The summed E-state index contributed by atoms with van der Waals surface area (Å²) < 4.78 is 9.12. The first-order chi connectivity index (χ1) is 10.1. The van der Waals surface area contributed by atoms with Gasteiger partial charge in [0.05, 0.1) is 17.8 Å². The number of methoxy groups -OCH3 is 1. The van der Waals surface area contributed by atoms with Crippen molar-refractivity contribution in [2.24, 2.45) is 10.9 Å². The van der Waals surface area contributed by atoms with Crippen molar-refractivity contribution in [3.8, 4) is 0 Å². The Morgan fingerprint density at radius 2 is 2.14 bits per heavy atom. The number of amidine groups is 1. The Kier molecular flexibility index (Phi) is 4.34. The second-order valence-electron chi connectivity index (χ2n) is 3.99. The van der Waals surface area contributed by atoms with Crippen LogP contribution in [0, 0.1) is 0 Å². The van der Waals surface area contributed by atoms with Crippen molar-refractivity contribution in [3.05, 3.63) is 41.1 Å². The van der Waals surface area contributed by atoms with Crippen LogP contribution in [0.1, 0.15) is 21.6 Å². The lowest BCUT2D eigenvalue weighted by Gasteiger charge is -2.02. The number of hydrogen-bond acceptors (Lipinski definition) is 7. The molecule has 1 aromatic carbocycles. The van der Waals surface area contributed by atoms with Gasteiger partial charge >= 0.3 is 17.5 Å². The number of aromatic amines is 1. The number of H-pyrrole nitrogens is 1. The Morgan fingerprint density at radius 3 is 2.71 bits per heavy atom. The van der Waals surface area contributed by atoms with Crippen molar-refractivity contribution in [1.82, 2.24) is 5.16 Å². The maximum Gasteiger partial charge on any atom is 0.337 e. The van der Waals surface area contributed by atoms with E-state index in [1.54, 1.807) is 24.3 Å². The Bertz CT molecular complexity index is 650. The molecule has 110 valence electrons. The van der Waals surface area contributed by atoms with E-state index in [0.29, 0.717) is 5.56 Å². The molecule has 2 rings (SSSR count). The van der Waals surface area contributed by atoms with Gasteiger partial charge in [0.1, 0.15) is 6.61 Å². The summed E-state index contributed by atoms with van der Waals surface area (Å²) in [6.45, 7) is 0.170. The van der Waals surface area contributed by atoms with Gasteiger partial charge in [-0.2, -0.15) is 0 Å². The molecule has 0 unspecified atom stereocenters. The predicted octanol–water partition coefficient (Wildman–Crippen LogP) is -0.305. The molecular formula is C12H14N5O4+. The first kappa shape index (κ1) is 14.3. The van der Waals surface area contributed by atoms with E-state index < -0.39 is 5.97 Å². The number of rotatable bonds is 5. The first-order valence-corrected chi connectivity index (χ1v) is 5.87. The zero-order valence-electron chi connectivity index (χ0n) is 11.2. The average molecular weight is 292 g/mol. The fraction of sp³-hybridized carbons (Fsp3) is 0.167. The smallest absolute Gasteiger partial charge is 0.337 e. The van der Waals surface area contributed by atoms with Crippen molar-refractivity contribution in [3.63, 3.8) is 0 Å². The van der Waals surface area contributed by atoms with Crippen molar-refractivity contribution in [2.75, 3.05) is 12.8 Å². The van der Waals surface area contributed by atoms with Crippen LogP contribution in [0.5, 0.6) is 0 Å². The molecule has 1 aromatic heterocycles. The molecule has 0 aliphatic heterocycles. The van der Waals surface area contributed by atoms with Gasteiger partial charge in [-0.05, 0) is 17.7 Å². The monoisotopic (exact) mass is 292 g/mol. The molecule has 0 radical (unpaired) electrons. The van der Waals surface area contributed by atoms with Crippen molar-refractivity contribution < 1.29 is 24.2 Å². The summed E-state index contributed by atoms with van der Waals surface area (Å²) in [4.78, 5) is 16.4. The lowest BCUT2D eigenvalue weighted by molar-refractivity contribution is -0.610. The summed E-state index contributed by atoms with van der Waals surface area (Å²) in [5.41, 5.74) is 12.6. The number of nitrogens with two attached hydrogens (primary N) is 2. The molecule has 0 aliphatic carbocycles. The maximum atomic E-state index is 11.3. The minimum atomic E-state index is -0.400. The summed E-state index contributed by atoms with van der Waals surface area (Å²) >= 11 is 0. The lowest BCUT2D eigenvalue weighted by Crippen LogP contribution is -2.18. The van der Waals surface area contributed by atoms with Crippen LogP contribution in [0.25, 0.3) is 0 Å². The van der Waals surface area contributed by atoms with E-state index in [4.69, 9.17) is 16.3 Å². The number of ether oxygens (including phenoxy) is 1. The van der Waals surface area contributed by atoms with Gasteiger partial charge in [0.25, 0.3) is 0 Å². The van der Waals surface area contributed by atoms with Gasteiger partial charge in [-0.15, -0.1) is 4.63 Å². The molecule has 0 saturated carbocycles. The molecule has 0 atom stereocenters. The number of benzene rings is 1. The third-order valence-corrected chi connectivity index (χ3v) is 2.56. The van der Waals surface area contributed by atoms with Crippen LogP contribution in [-0.2, 0) is 16.2 Å². The van der Waals surface area contributed by atoms with Gasteiger partial charge in [0.15, 0.2) is 0 Å². The van der Waals surface area contributed by atoms with Crippen molar-refractivity contribution in [2.45, 2.75) is 6.61 Å². The Labute approximate surface area is 119 Å². The number of carbonyl (C=O) groups is 1. The maximum absolute atomic E-state index is 11.3. The number of anilines is 1. The summed E-state index contributed by atoms with van der Waals surface area (Å²) in [6.07, 6.45) is 0. The van der Waals surface area contributed by atoms with Gasteiger partial charge in [0, 0.05) is 0 Å². The summed E-state index contributed by atoms with van der Waals surface area (Å²) in [5, 5.41) is 9.53.